The number of anilines is 1. The van der Waals surface area contributed by atoms with E-state index in [2.05, 4.69) is 10.2 Å². The zero-order valence-corrected chi connectivity index (χ0v) is 16.5. The first-order valence-electron chi connectivity index (χ1n) is 8.81. The van der Waals surface area contributed by atoms with Gasteiger partial charge in [0.15, 0.2) is 5.82 Å². The fourth-order valence-corrected chi connectivity index (χ4v) is 4.31. The van der Waals surface area contributed by atoms with E-state index in [-0.39, 0.29) is 17.5 Å². The Labute approximate surface area is 159 Å². The van der Waals surface area contributed by atoms with Crippen LogP contribution in [0.1, 0.15) is 13.3 Å². The first-order valence-corrected chi connectivity index (χ1v) is 10.2. The highest BCUT2D eigenvalue weighted by molar-refractivity contribution is 7.89. The van der Waals surface area contributed by atoms with Crippen LogP contribution in [-0.2, 0) is 10.0 Å². The smallest absolute Gasteiger partial charge is 0.243 e. The molecule has 2 heterocycles. The monoisotopic (exact) mass is 392 g/mol. The first-order chi connectivity index (χ1) is 12.9. The molecule has 1 aliphatic rings. The lowest BCUT2D eigenvalue weighted by Gasteiger charge is -2.17. The topological polar surface area (TPSA) is 84.9 Å². The van der Waals surface area contributed by atoms with Gasteiger partial charge in [-0.2, -0.15) is 4.31 Å². The van der Waals surface area contributed by atoms with Crippen LogP contribution < -0.4 is 14.4 Å². The molecule has 0 bridgehead atoms. The van der Waals surface area contributed by atoms with Crippen LogP contribution >= 0.6 is 0 Å². The third-order valence-electron chi connectivity index (χ3n) is 4.25. The Morgan fingerprint density at radius 1 is 1.15 bits per heavy atom. The van der Waals surface area contributed by atoms with Gasteiger partial charge in [-0.25, -0.2) is 8.42 Å². The maximum atomic E-state index is 12.8. The number of ether oxygens (including phenoxy) is 2. The largest absolute Gasteiger partial charge is 0.494 e. The van der Waals surface area contributed by atoms with Crippen molar-refractivity contribution in [2.75, 3.05) is 38.7 Å². The summed E-state index contributed by atoms with van der Waals surface area (Å²) < 4.78 is 38.2. The number of nitrogens with zero attached hydrogens (tertiary/aromatic N) is 4. The molecule has 0 aliphatic carbocycles. The molecule has 0 spiro atoms. The number of sulfonamides is 1. The van der Waals surface area contributed by atoms with E-state index in [0.717, 1.165) is 5.82 Å². The van der Waals surface area contributed by atoms with Crippen molar-refractivity contribution in [3.8, 4) is 11.6 Å². The van der Waals surface area contributed by atoms with Gasteiger partial charge in [-0.15, -0.1) is 10.2 Å². The molecule has 1 unspecified atom stereocenters. The first kappa shape index (κ1) is 19.4. The Bertz CT molecular complexity index is 854. The molecule has 0 radical (unpaired) electrons. The molecule has 9 heteroatoms. The second-order valence-electron chi connectivity index (χ2n) is 6.42. The average molecular weight is 392 g/mol. The zero-order chi connectivity index (χ0) is 19.4. The molecule has 1 fully saturated rings. The third-order valence-corrected chi connectivity index (χ3v) is 6.13. The van der Waals surface area contributed by atoms with E-state index in [1.165, 1.54) is 4.31 Å². The maximum absolute atomic E-state index is 12.8. The summed E-state index contributed by atoms with van der Waals surface area (Å²) >= 11 is 0. The predicted molar refractivity (Wildman–Crippen MR) is 102 cm³/mol. The number of rotatable bonds is 7. The summed E-state index contributed by atoms with van der Waals surface area (Å²) in [7, 11) is 0.202. The summed E-state index contributed by atoms with van der Waals surface area (Å²) in [6.07, 6.45) is 0.356. The van der Waals surface area contributed by atoms with E-state index in [1.54, 1.807) is 30.3 Å². The molecule has 1 aliphatic heterocycles. The van der Waals surface area contributed by atoms with Gasteiger partial charge in [-0.3, -0.25) is 0 Å². The molecular formula is C18H24N4O4S. The Morgan fingerprint density at radius 3 is 2.48 bits per heavy atom. The van der Waals surface area contributed by atoms with Crippen molar-refractivity contribution in [3.63, 3.8) is 0 Å². The third kappa shape index (κ3) is 4.48. The van der Waals surface area contributed by atoms with Crippen molar-refractivity contribution in [2.45, 2.75) is 24.3 Å². The molecule has 3 rings (SSSR count). The van der Waals surface area contributed by atoms with Crippen molar-refractivity contribution >= 4 is 15.8 Å². The Hall–Kier alpha value is -2.39. The SMILES string of the molecule is CCOc1ccc(S(=O)(=O)N2CCC(Oc3ccc(N(C)C)nn3)C2)cc1. The van der Waals surface area contributed by atoms with E-state index in [4.69, 9.17) is 9.47 Å². The van der Waals surface area contributed by atoms with Gasteiger partial charge in [0.25, 0.3) is 0 Å². The Balaban J connectivity index is 1.64. The van der Waals surface area contributed by atoms with Crippen LogP contribution in [0.2, 0.25) is 0 Å². The average Bonchev–Trinajstić information content (AvgIpc) is 3.12. The summed E-state index contributed by atoms with van der Waals surface area (Å²) in [5.41, 5.74) is 0. The minimum Gasteiger partial charge on any atom is -0.494 e. The Kier molecular flexibility index (Phi) is 5.81. The van der Waals surface area contributed by atoms with Crippen molar-refractivity contribution < 1.29 is 17.9 Å². The molecule has 146 valence electrons. The molecule has 1 atom stereocenters. The van der Waals surface area contributed by atoms with E-state index < -0.39 is 10.0 Å². The van der Waals surface area contributed by atoms with Gasteiger partial charge < -0.3 is 14.4 Å². The number of benzene rings is 1. The van der Waals surface area contributed by atoms with E-state index in [9.17, 15) is 8.42 Å². The second-order valence-corrected chi connectivity index (χ2v) is 8.36. The molecule has 2 aromatic rings. The molecule has 0 amide bonds. The molecule has 0 N–H and O–H groups in total. The van der Waals surface area contributed by atoms with Crippen molar-refractivity contribution in [2.24, 2.45) is 0 Å². The predicted octanol–water partition coefficient (Wildman–Crippen LogP) is 1.78. The highest BCUT2D eigenvalue weighted by atomic mass is 32.2. The van der Waals surface area contributed by atoms with Crippen LogP contribution in [0.4, 0.5) is 5.82 Å². The quantitative estimate of drug-likeness (QED) is 0.710. The van der Waals surface area contributed by atoms with Crippen molar-refractivity contribution in [3.05, 3.63) is 36.4 Å². The molecule has 0 saturated carbocycles. The fraction of sp³-hybridized carbons (Fsp3) is 0.444. The summed E-state index contributed by atoms with van der Waals surface area (Å²) in [5.74, 6) is 1.78. The molecule has 1 saturated heterocycles. The molecule has 8 nitrogen and oxygen atoms in total. The van der Waals surface area contributed by atoms with E-state index in [0.29, 0.717) is 31.2 Å². The minimum absolute atomic E-state index is 0.248. The lowest BCUT2D eigenvalue weighted by Crippen LogP contribution is -2.31. The van der Waals surface area contributed by atoms with Crippen LogP contribution in [0.5, 0.6) is 11.6 Å². The second kappa shape index (κ2) is 8.10. The Morgan fingerprint density at radius 2 is 1.89 bits per heavy atom. The van der Waals surface area contributed by atoms with Gasteiger partial charge >= 0.3 is 0 Å². The van der Waals surface area contributed by atoms with Gasteiger partial charge in [-0.1, -0.05) is 0 Å². The van der Waals surface area contributed by atoms with Gasteiger partial charge in [0.2, 0.25) is 15.9 Å². The van der Waals surface area contributed by atoms with Gasteiger partial charge in [0.05, 0.1) is 18.0 Å². The molecule has 1 aromatic heterocycles. The standard InChI is InChI=1S/C18H24N4O4S/c1-4-25-14-5-7-16(8-6-14)27(23,24)22-12-11-15(13-22)26-18-10-9-17(19-20-18)21(2)3/h5-10,15H,4,11-13H2,1-3H3. The van der Waals surface area contributed by atoms with Crippen molar-refractivity contribution in [1.29, 1.82) is 0 Å². The van der Waals surface area contributed by atoms with Crippen LogP contribution in [-0.4, -0.2) is 62.8 Å². The minimum atomic E-state index is -3.56. The maximum Gasteiger partial charge on any atom is 0.243 e. The normalized spacial score (nSPS) is 17.7. The van der Waals surface area contributed by atoms with Crippen LogP contribution in [0.3, 0.4) is 0 Å². The molecular weight excluding hydrogens is 368 g/mol. The molecule has 27 heavy (non-hydrogen) atoms. The van der Waals surface area contributed by atoms with Gasteiger partial charge in [0, 0.05) is 26.7 Å². The van der Waals surface area contributed by atoms with E-state index in [1.807, 2.05) is 32.0 Å². The lowest BCUT2D eigenvalue weighted by molar-refractivity contribution is 0.204. The summed E-state index contributed by atoms with van der Waals surface area (Å²) in [6, 6.07) is 10.0. The zero-order valence-electron chi connectivity index (χ0n) is 15.7. The van der Waals surface area contributed by atoms with Gasteiger partial charge in [-0.05, 0) is 43.7 Å². The number of aromatic nitrogens is 2. The van der Waals surface area contributed by atoms with Gasteiger partial charge in [0.1, 0.15) is 11.9 Å². The lowest BCUT2D eigenvalue weighted by atomic mass is 10.3. The van der Waals surface area contributed by atoms with Crippen LogP contribution in [0.25, 0.3) is 0 Å². The number of hydrogen-bond acceptors (Lipinski definition) is 7. The molecule has 1 aromatic carbocycles. The highest BCUT2D eigenvalue weighted by Gasteiger charge is 2.33. The summed E-state index contributed by atoms with van der Waals surface area (Å²) in [4.78, 5) is 2.10. The number of hydrogen-bond donors (Lipinski definition) is 0. The van der Waals surface area contributed by atoms with Crippen molar-refractivity contribution in [1.82, 2.24) is 14.5 Å². The fourth-order valence-electron chi connectivity index (χ4n) is 2.82. The highest BCUT2D eigenvalue weighted by Crippen LogP contribution is 2.25. The van der Waals surface area contributed by atoms with E-state index >= 15 is 0 Å². The van der Waals surface area contributed by atoms with Crippen LogP contribution in [0.15, 0.2) is 41.3 Å². The summed E-state index contributed by atoms with van der Waals surface area (Å²) in [6.45, 7) is 3.11. The van der Waals surface area contributed by atoms with Crippen LogP contribution in [0, 0.1) is 0 Å². The summed E-state index contributed by atoms with van der Waals surface area (Å²) in [5, 5.41) is 8.11.